The number of nitrogens with zero attached hydrogens (tertiary/aromatic N) is 3. The highest BCUT2D eigenvalue weighted by atomic mass is 19.1. The van der Waals surface area contributed by atoms with Crippen LogP contribution in [0.4, 0.5) is 4.39 Å². The molecule has 2 heterocycles. The standard InChI is InChI=1S/C15H18FN3O4/c1-18(14(21)12-5-4-11(16)7-17-12)9-13(20)19-6-2-3-10(8-19)15(22)23/h4-5,7,10H,2-3,6,8-9H2,1H3,(H,22,23). The minimum Gasteiger partial charge on any atom is -0.481 e. The maximum Gasteiger partial charge on any atom is 0.308 e. The minimum absolute atomic E-state index is 0.0451. The number of piperidine rings is 1. The van der Waals surface area contributed by atoms with Gasteiger partial charge in [-0.2, -0.15) is 0 Å². The molecule has 0 aliphatic carbocycles. The fourth-order valence-corrected chi connectivity index (χ4v) is 2.48. The number of amides is 2. The molecule has 8 heteroatoms. The number of carboxylic acid groups (broad SMARTS) is 1. The zero-order valence-corrected chi connectivity index (χ0v) is 12.7. The largest absolute Gasteiger partial charge is 0.481 e. The van der Waals surface area contributed by atoms with Crippen molar-refractivity contribution in [3.8, 4) is 0 Å². The lowest BCUT2D eigenvalue weighted by Crippen LogP contribution is -2.47. The summed E-state index contributed by atoms with van der Waals surface area (Å²) >= 11 is 0. The Morgan fingerprint density at radius 1 is 1.43 bits per heavy atom. The van der Waals surface area contributed by atoms with Gasteiger partial charge in [0.1, 0.15) is 11.5 Å². The van der Waals surface area contributed by atoms with E-state index in [9.17, 15) is 18.8 Å². The number of aliphatic carboxylic acids is 1. The molecule has 0 saturated carbocycles. The van der Waals surface area contributed by atoms with Gasteiger partial charge in [0.2, 0.25) is 5.91 Å². The molecule has 1 saturated heterocycles. The third-order valence-corrected chi connectivity index (χ3v) is 3.79. The second-order valence-corrected chi connectivity index (χ2v) is 5.54. The second-order valence-electron chi connectivity index (χ2n) is 5.54. The van der Waals surface area contributed by atoms with Gasteiger partial charge in [0.15, 0.2) is 0 Å². The van der Waals surface area contributed by atoms with Crippen LogP contribution in [0, 0.1) is 11.7 Å². The number of halogens is 1. The van der Waals surface area contributed by atoms with E-state index in [4.69, 9.17) is 5.11 Å². The van der Waals surface area contributed by atoms with E-state index in [1.165, 1.54) is 22.9 Å². The molecule has 1 fully saturated rings. The number of carbonyl (C=O) groups is 3. The minimum atomic E-state index is -0.914. The van der Waals surface area contributed by atoms with E-state index in [-0.39, 0.29) is 24.7 Å². The number of hydrogen-bond donors (Lipinski definition) is 1. The van der Waals surface area contributed by atoms with Crippen LogP contribution < -0.4 is 0 Å². The van der Waals surface area contributed by atoms with Crippen LogP contribution in [0.25, 0.3) is 0 Å². The van der Waals surface area contributed by atoms with Crippen molar-refractivity contribution >= 4 is 17.8 Å². The number of pyridine rings is 1. The Morgan fingerprint density at radius 3 is 2.78 bits per heavy atom. The maximum absolute atomic E-state index is 12.8. The van der Waals surface area contributed by atoms with Crippen LogP contribution in [-0.4, -0.2) is 64.4 Å². The summed E-state index contributed by atoms with van der Waals surface area (Å²) < 4.78 is 12.8. The molecule has 7 nitrogen and oxygen atoms in total. The second kappa shape index (κ2) is 7.17. The summed E-state index contributed by atoms with van der Waals surface area (Å²) in [5.74, 6) is -2.83. The number of hydrogen-bond acceptors (Lipinski definition) is 4. The van der Waals surface area contributed by atoms with Gasteiger partial charge < -0.3 is 14.9 Å². The van der Waals surface area contributed by atoms with Crippen molar-refractivity contribution in [3.05, 3.63) is 29.8 Å². The van der Waals surface area contributed by atoms with Gasteiger partial charge >= 0.3 is 5.97 Å². The Labute approximate surface area is 132 Å². The summed E-state index contributed by atoms with van der Waals surface area (Å²) in [6, 6.07) is 2.37. The summed E-state index contributed by atoms with van der Waals surface area (Å²) in [5, 5.41) is 9.04. The highest BCUT2D eigenvalue weighted by Gasteiger charge is 2.29. The van der Waals surface area contributed by atoms with Crippen molar-refractivity contribution in [2.24, 2.45) is 5.92 Å². The summed E-state index contributed by atoms with van der Waals surface area (Å²) in [5.41, 5.74) is 0.0451. The quantitative estimate of drug-likeness (QED) is 0.877. The molecule has 1 N–H and O–H groups in total. The predicted octanol–water partition coefficient (Wildman–Crippen LogP) is 0.616. The molecule has 2 rings (SSSR count). The summed E-state index contributed by atoms with van der Waals surface area (Å²) in [7, 11) is 1.45. The van der Waals surface area contributed by atoms with Crippen molar-refractivity contribution in [2.45, 2.75) is 12.8 Å². The van der Waals surface area contributed by atoms with E-state index in [1.54, 1.807) is 0 Å². The number of likely N-dealkylation sites (tertiary alicyclic amines) is 1. The van der Waals surface area contributed by atoms with Gasteiger partial charge in [-0.05, 0) is 25.0 Å². The zero-order valence-electron chi connectivity index (χ0n) is 12.7. The van der Waals surface area contributed by atoms with Crippen LogP contribution in [0.2, 0.25) is 0 Å². The normalized spacial score (nSPS) is 17.7. The fraction of sp³-hybridized carbons (Fsp3) is 0.467. The van der Waals surface area contributed by atoms with Crippen molar-refractivity contribution < 1.29 is 23.9 Å². The van der Waals surface area contributed by atoms with Crippen LogP contribution >= 0.6 is 0 Å². The SMILES string of the molecule is CN(CC(=O)N1CCCC(C(=O)O)C1)C(=O)c1ccc(F)cn1. The first-order valence-electron chi connectivity index (χ1n) is 7.26. The molecule has 1 aromatic heterocycles. The van der Waals surface area contributed by atoms with Crippen molar-refractivity contribution in [1.82, 2.24) is 14.8 Å². The molecule has 1 aliphatic rings. The van der Waals surface area contributed by atoms with E-state index in [0.717, 1.165) is 12.3 Å². The summed E-state index contributed by atoms with van der Waals surface area (Å²) in [6.07, 6.45) is 2.11. The molecule has 124 valence electrons. The molecule has 1 atom stereocenters. The summed E-state index contributed by atoms with van der Waals surface area (Å²) in [4.78, 5) is 41.7. The molecular weight excluding hydrogens is 305 g/mol. The van der Waals surface area contributed by atoms with E-state index < -0.39 is 23.6 Å². The van der Waals surface area contributed by atoms with Gasteiger partial charge in [0, 0.05) is 20.1 Å². The number of carbonyl (C=O) groups excluding carboxylic acids is 2. The van der Waals surface area contributed by atoms with Gasteiger partial charge in [-0.3, -0.25) is 14.4 Å². The maximum atomic E-state index is 12.8. The van der Waals surface area contributed by atoms with Gasteiger partial charge in [-0.1, -0.05) is 0 Å². The lowest BCUT2D eigenvalue weighted by molar-refractivity contribution is -0.145. The smallest absolute Gasteiger partial charge is 0.308 e. The fourth-order valence-electron chi connectivity index (χ4n) is 2.48. The predicted molar refractivity (Wildman–Crippen MR) is 78.1 cm³/mol. The van der Waals surface area contributed by atoms with Crippen LogP contribution in [0.1, 0.15) is 23.3 Å². The molecule has 0 radical (unpaired) electrons. The Balaban J connectivity index is 1.95. The summed E-state index contributed by atoms with van der Waals surface area (Å²) in [6.45, 7) is 0.467. The Bertz CT molecular complexity index is 605. The van der Waals surface area contributed by atoms with Crippen molar-refractivity contribution in [3.63, 3.8) is 0 Å². The first-order chi connectivity index (χ1) is 10.9. The van der Waals surface area contributed by atoms with Crippen LogP contribution in [0.15, 0.2) is 18.3 Å². The first-order valence-corrected chi connectivity index (χ1v) is 7.26. The Kier molecular flexibility index (Phi) is 5.25. The topological polar surface area (TPSA) is 90.8 Å². The van der Waals surface area contributed by atoms with E-state index in [2.05, 4.69) is 4.98 Å². The Morgan fingerprint density at radius 2 is 2.17 bits per heavy atom. The van der Waals surface area contributed by atoms with Crippen LogP contribution in [0.5, 0.6) is 0 Å². The lowest BCUT2D eigenvalue weighted by atomic mass is 9.98. The highest BCUT2D eigenvalue weighted by Crippen LogP contribution is 2.17. The average Bonchev–Trinajstić information content (AvgIpc) is 2.54. The molecule has 23 heavy (non-hydrogen) atoms. The number of likely N-dealkylation sites (N-methyl/N-ethyl adjacent to an activating group) is 1. The van der Waals surface area contributed by atoms with Gasteiger partial charge in [0.05, 0.1) is 18.7 Å². The van der Waals surface area contributed by atoms with Gasteiger partial charge in [-0.15, -0.1) is 0 Å². The van der Waals surface area contributed by atoms with E-state index >= 15 is 0 Å². The van der Waals surface area contributed by atoms with Crippen LogP contribution in [0.3, 0.4) is 0 Å². The van der Waals surface area contributed by atoms with Gasteiger partial charge in [0.25, 0.3) is 5.91 Å². The van der Waals surface area contributed by atoms with E-state index in [1.807, 2.05) is 0 Å². The molecule has 1 unspecified atom stereocenters. The third-order valence-electron chi connectivity index (χ3n) is 3.79. The number of rotatable bonds is 4. The number of aromatic nitrogens is 1. The van der Waals surface area contributed by atoms with E-state index in [0.29, 0.717) is 19.4 Å². The third kappa shape index (κ3) is 4.24. The highest BCUT2D eigenvalue weighted by molar-refractivity contribution is 5.94. The van der Waals surface area contributed by atoms with Crippen LogP contribution in [-0.2, 0) is 9.59 Å². The molecule has 0 bridgehead atoms. The lowest BCUT2D eigenvalue weighted by Gasteiger charge is -2.32. The zero-order chi connectivity index (χ0) is 17.0. The number of carboxylic acids is 1. The molecule has 0 aromatic carbocycles. The van der Waals surface area contributed by atoms with Gasteiger partial charge in [-0.25, -0.2) is 9.37 Å². The average molecular weight is 323 g/mol. The monoisotopic (exact) mass is 323 g/mol. The molecule has 0 spiro atoms. The molecular formula is C15H18FN3O4. The Hall–Kier alpha value is -2.51. The molecule has 1 aliphatic heterocycles. The molecule has 2 amide bonds. The van der Waals surface area contributed by atoms with Crippen molar-refractivity contribution in [1.29, 1.82) is 0 Å². The van der Waals surface area contributed by atoms with Crippen molar-refractivity contribution in [2.75, 3.05) is 26.7 Å². The first kappa shape index (κ1) is 16.9. The molecule has 1 aromatic rings.